The van der Waals surface area contributed by atoms with E-state index in [4.69, 9.17) is 23.2 Å². The summed E-state index contributed by atoms with van der Waals surface area (Å²) in [7, 11) is 0. The van der Waals surface area contributed by atoms with E-state index in [9.17, 15) is 4.79 Å². The first-order valence-corrected chi connectivity index (χ1v) is 5.75. The summed E-state index contributed by atoms with van der Waals surface area (Å²) in [5.74, 6) is 1.07. The van der Waals surface area contributed by atoms with E-state index in [0.29, 0.717) is 23.9 Å². The lowest BCUT2D eigenvalue weighted by atomic mass is 10.1. The van der Waals surface area contributed by atoms with Crippen molar-refractivity contribution in [1.82, 2.24) is 0 Å². The Labute approximate surface area is 99.6 Å². The highest BCUT2D eigenvalue weighted by Crippen LogP contribution is 2.16. The van der Waals surface area contributed by atoms with Gasteiger partial charge in [0.1, 0.15) is 0 Å². The van der Waals surface area contributed by atoms with Crippen molar-refractivity contribution in [3.05, 3.63) is 29.3 Å². The number of benzene rings is 1. The van der Waals surface area contributed by atoms with Crippen molar-refractivity contribution in [2.75, 3.05) is 23.6 Å². The Morgan fingerprint density at radius 2 is 2.07 bits per heavy atom. The Morgan fingerprint density at radius 3 is 2.67 bits per heavy atom. The molecular formula is C11H12Cl2NO. The number of hydrogen-bond acceptors (Lipinski definition) is 2. The van der Waals surface area contributed by atoms with Crippen LogP contribution in [0.2, 0.25) is 0 Å². The average Bonchev–Trinajstić information content (AvgIpc) is 2.27. The van der Waals surface area contributed by atoms with Gasteiger partial charge >= 0.3 is 0 Å². The van der Waals surface area contributed by atoms with Gasteiger partial charge in [-0.1, -0.05) is 6.07 Å². The molecule has 0 heterocycles. The fraction of sp³-hybridized carbons (Fsp3) is 0.364. The summed E-state index contributed by atoms with van der Waals surface area (Å²) in [6, 6.07) is 5.54. The minimum absolute atomic E-state index is 0.498. The van der Waals surface area contributed by atoms with E-state index < -0.39 is 0 Å². The van der Waals surface area contributed by atoms with Crippen LogP contribution in [0.25, 0.3) is 0 Å². The zero-order chi connectivity index (χ0) is 11.1. The predicted molar refractivity (Wildman–Crippen MR) is 64.9 cm³/mol. The largest absolute Gasteiger partial charge is 0.383 e. The summed E-state index contributed by atoms with van der Waals surface area (Å²) in [6.45, 7) is 0.626. The molecule has 1 aromatic rings. The Kier molecular flexibility index (Phi) is 5.51. The van der Waals surface area contributed by atoms with Gasteiger partial charge < -0.3 is 5.32 Å². The fourth-order valence-electron chi connectivity index (χ4n) is 1.27. The quantitative estimate of drug-likeness (QED) is 0.780. The van der Waals surface area contributed by atoms with Crippen molar-refractivity contribution in [1.29, 1.82) is 0 Å². The fourth-order valence-corrected chi connectivity index (χ4v) is 1.59. The molecule has 0 saturated carbocycles. The molecule has 0 saturated heterocycles. The van der Waals surface area contributed by atoms with Crippen LogP contribution in [-0.4, -0.2) is 24.6 Å². The first-order valence-electron chi connectivity index (χ1n) is 4.68. The topological polar surface area (TPSA) is 29.1 Å². The van der Waals surface area contributed by atoms with Crippen molar-refractivity contribution in [3.8, 4) is 0 Å². The Morgan fingerprint density at radius 1 is 1.27 bits per heavy atom. The number of halogens is 2. The molecule has 0 aliphatic carbocycles. The second-order valence-corrected chi connectivity index (χ2v) is 3.79. The molecule has 0 amide bonds. The summed E-state index contributed by atoms with van der Waals surface area (Å²) in [5.41, 5.74) is 2.40. The molecule has 0 aliphatic heterocycles. The maximum Gasteiger partial charge on any atom is 0.235 e. The van der Waals surface area contributed by atoms with E-state index in [2.05, 4.69) is 5.32 Å². The molecule has 0 aliphatic rings. The molecule has 2 nitrogen and oxygen atoms in total. The highest BCUT2D eigenvalue weighted by Gasteiger charge is 2.03. The molecule has 0 spiro atoms. The Balaban J connectivity index is 2.86. The van der Waals surface area contributed by atoms with Crippen LogP contribution in [0.5, 0.6) is 0 Å². The molecule has 0 atom stereocenters. The zero-order valence-electron chi connectivity index (χ0n) is 8.22. The van der Waals surface area contributed by atoms with E-state index in [1.165, 1.54) is 0 Å². The van der Waals surface area contributed by atoms with Crippen LogP contribution >= 0.6 is 23.2 Å². The minimum atomic E-state index is 0.498. The molecule has 4 heteroatoms. The lowest BCUT2D eigenvalue weighted by Gasteiger charge is -2.08. The van der Waals surface area contributed by atoms with Gasteiger partial charge in [-0.3, -0.25) is 4.79 Å². The van der Waals surface area contributed by atoms with E-state index in [-0.39, 0.29) is 0 Å². The number of carbonyl (C=O) groups excluding carboxylic acids is 1. The summed E-state index contributed by atoms with van der Waals surface area (Å²) in [5, 5.41) is 3.08. The highest BCUT2D eigenvalue weighted by atomic mass is 35.5. The maximum absolute atomic E-state index is 10.6. The van der Waals surface area contributed by atoms with Gasteiger partial charge in [0.05, 0.1) is 0 Å². The normalized spacial score (nSPS) is 10.0. The van der Waals surface area contributed by atoms with Crippen LogP contribution < -0.4 is 5.32 Å². The van der Waals surface area contributed by atoms with Gasteiger partial charge in [0, 0.05) is 29.6 Å². The van der Waals surface area contributed by atoms with Gasteiger partial charge in [0.25, 0.3) is 0 Å². The smallest absolute Gasteiger partial charge is 0.235 e. The van der Waals surface area contributed by atoms with Gasteiger partial charge in [0.2, 0.25) is 6.29 Å². The SMILES string of the molecule is O=[C]c1ccc(CCCl)cc1NCCCl. The number of rotatable bonds is 6. The highest BCUT2D eigenvalue weighted by molar-refractivity contribution is 6.18. The molecule has 1 radical (unpaired) electrons. The molecule has 1 aromatic carbocycles. The van der Waals surface area contributed by atoms with Crippen LogP contribution in [-0.2, 0) is 11.2 Å². The molecule has 81 valence electrons. The standard InChI is InChI=1S/C11H12Cl2NO/c12-4-3-9-1-2-10(8-15)11(7-9)14-6-5-13/h1-2,7,14H,3-6H2. The van der Waals surface area contributed by atoms with Crippen LogP contribution in [0, 0.1) is 0 Å². The van der Waals surface area contributed by atoms with Crippen LogP contribution in [0.15, 0.2) is 18.2 Å². The summed E-state index contributed by atoms with van der Waals surface area (Å²) >= 11 is 11.2. The Hall–Kier alpha value is -0.730. The Bertz CT molecular complexity index is 328. The van der Waals surface area contributed by atoms with E-state index in [1.807, 2.05) is 18.4 Å². The minimum Gasteiger partial charge on any atom is -0.383 e. The second kappa shape index (κ2) is 6.70. The van der Waals surface area contributed by atoms with Crippen molar-refractivity contribution in [2.45, 2.75) is 6.42 Å². The third-order valence-corrected chi connectivity index (χ3v) is 2.37. The molecule has 0 fully saturated rings. The molecule has 1 rings (SSSR count). The predicted octanol–water partition coefficient (Wildman–Crippen LogP) is 2.58. The molecule has 0 unspecified atom stereocenters. The summed E-state index contributed by atoms with van der Waals surface area (Å²) < 4.78 is 0. The number of nitrogens with one attached hydrogen (secondary N) is 1. The first-order chi connectivity index (χ1) is 7.31. The zero-order valence-corrected chi connectivity index (χ0v) is 9.74. The maximum atomic E-state index is 10.6. The van der Waals surface area contributed by atoms with Gasteiger partial charge in [-0.05, 0) is 24.1 Å². The molecule has 15 heavy (non-hydrogen) atoms. The lowest BCUT2D eigenvalue weighted by molar-refractivity contribution is 0.563. The van der Waals surface area contributed by atoms with Gasteiger partial charge in [0.15, 0.2) is 0 Å². The van der Waals surface area contributed by atoms with Crippen LogP contribution in [0.4, 0.5) is 5.69 Å². The average molecular weight is 245 g/mol. The third-order valence-electron chi connectivity index (χ3n) is 1.99. The van der Waals surface area contributed by atoms with Crippen molar-refractivity contribution in [3.63, 3.8) is 0 Å². The van der Waals surface area contributed by atoms with E-state index in [1.54, 1.807) is 6.07 Å². The molecule has 0 aromatic heterocycles. The molecule has 1 N–H and O–H groups in total. The lowest BCUT2D eigenvalue weighted by Crippen LogP contribution is -2.05. The number of hydrogen-bond donors (Lipinski definition) is 1. The van der Waals surface area contributed by atoms with Gasteiger partial charge in [-0.2, -0.15) is 0 Å². The van der Waals surface area contributed by atoms with Crippen molar-refractivity contribution in [2.24, 2.45) is 0 Å². The second-order valence-electron chi connectivity index (χ2n) is 3.04. The molecular weight excluding hydrogens is 233 g/mol. The monoisotopic (exact) mass is 244 g/mol. The van der Waals surface area contributed by atoms with Gasteiger partial charge in [-0.15, -0.1) is 23.2 Å². The number of alkyl halides is 2. The van der Waals surface area contributed by atoms with E-state index in [0.717, 1.165) is 17.7 Å². The number of aryl methyl sites for hydroxylation is 1. The number of anilines is 1. The van der Waals surface area contributed by atoms with Crippen molar-refractivity contribution >= 4 is 35.2 Å². The summed E-state index contributed by atoms with van der Waals surface area (Å²) in [4.78, 5) is 10.6. The van der Waals surface area contributed by atoms with Crippen LogP contribution in [0.3, 0.4) is 0 Å². The third kappa shape index (κ3) is 3.73. The van der Waals surface area contributed by atoms with Crippen molar-refractivity contribution < 1.29 is 4.79 Å². The summed E-state index contributed by atoms with van der Waals surface area (Å²) in [6.07, 6.45) is 2.67. The van der Waals surface area contributed by atoms with Gasteiger partial charge in [-0.25, -0.2) is 0 Å². The van der Waals surface area contributed by atoms with Crippen LogP contribution in [0.1, 0.15) is 11.1 Å². The van der Waals surface area contributed by atoms with E-state index >= 15 is 0 Å². The first kappa shape index (κ1) is 12.3. The molecule has 0 bridgehead atoms.